The summed E-state index contributed by atoms with van der Waals surface area (Å²) in [6.45, 7) is 0.233. The van der Waals surface area contributed by atoms with E-state index in [1.165, 1.54) is 12.1 Å². The fourth-order valence-corrected chi connectivity index (χ4v) is 3.17. The summed E-state index contributed by atoms with van der Waals surface area (Å²) in [4.78, 5) is 14.9. The van der Waals surface area contributed by atoms with Gasteiger partial charge in [0.2, 0.25) is 5.91 Å². The number of hydrogen-bond acceptors (Lipinski definition) is 2. The molecular weight excluding hydrogens is 407 g/mol. The van der Waals surface area contributed by atoms with Crippen LogP contribution in [0.3, 0.4) is 0 Å². The van der Waals surface area contributed by atoms with E-state index in [-0.39, 0.29) is 6.61 Å². The van der Waals surface area contributed by atoms with Crippen LogP contribution in [-0.2, 0) is 17.4 Å². The van der Waals surface area contributed by atoms with E-state index in [0.29, 0.717) is 23.2 Å². The van der Waals surface area contributed by atoms with Crippen molar-refractivity contribution in [1.29, 1.82) is 0 Å². The lowest BCUT2D eigenvalue weighted by molar-refractivity contribution is -0.137. The van der Waals surface area contributed by atoms with Gasteiger partial charge in [-0.1, -0.05) is 6.07 Å². The number of carbonyl (C=O) groups excluding carboxylic acids is 1. The van der Waals surface area contributed by atoms with E-state index in [0.717, 1.165) is 23.2 Å². The van der Waals surface area contributed by atoms with Gasteiger partial charge in [0.05, 0.1) is 17.9 Å². The zero-order valence-corrected chi connectivity index (χ0v) is 15.5. The molecule has 1 saturated carbocycles. The van der Waals surface area contributed by atoms with Gasteiger partial charge in [-0.25, -0.2) is 8.78 Å². The molecule has 0 aliphatic heterocycles. The van der Waals surface area contributed by atoms with Crippen LogP contribution in [0.15, 0.2) is 48.7 Å². The smallest absolute Gasteiger partial charge is 0.416 e. The first-order chi connectivity index (χ1) is 14.1. The fraction of sp³-hybridized carbons (Fsp3) is 0.286. The number of benzene rings is 2. The average molecular weight is 424 g/mol. The maximum atomic E-state index is 13.1. The van der Waals surface area contributed by atoms with Crippen molar-refractivity contribution in [2.45, 2.75) is 24.9 Å². The Morgan fingerprint density at radius 2 is 1.87 bits per heavy atom. The predicted molar refractivity (Wildman–Crippen MR) is 101 cm³/mol. The predicted octanol–water partition coefficient (Wildman–Crippen LogP) is 5.40. The summed E-state index contributed by atoms with van der Waals surface area (Å²) in [5.74, 6) is -4.61. The lowest BCUT2D eigenvalue weighted by Gasteiger charge is -2.09. The van der Waals surface area contributed by atoms with Gasteiger partial charge >= 0.3 is 6.18 Å². The summed E-state index contributed by atoms with van der Waals surface area (Å²) < 4.78 is 69.4. The van der Waals surface area contributed by atoms with Crippen molar-refractivity contribution in [1.82, 2.24) is 4.98 Å². The summed E-state index contributed by atoms with van der Waals surface area (Å²) in [5.41, 5.74) is 1.27. The molecular formula is C21H17F5N2O2. The van der Waals surface area contributed by atoms with Crippen molar-refractivity contribution in [3.8, 4) is 5.75 Å². The molecule has 0 bridgehead atoms. The van der Waals surface area contributed by atoms with E-state index in [4.69, 9.17) is 4.74 Å². The highest BCUT2D eigenvalue weighted by molar-refractivity contribution is 6.03. The van der Waals surface area contributed by atoms with E-state index in [9.17, 15) is 26.7 Å². The second-order valence-electron chi connectivity index (χ2n) is 7.21. The number of anilines is 1. The summed E-state index contributed by atoms with van der Waals surface area (Å²) >= 11 is 0. The maximum Gasteiger partial charge on any atom is 0.416 e. The Kier molecular flexibility index (Phi) is 4.91. The van der Waals surface area contributed by atoms with Crippen LogP contribution in [0.1, 0.15) is 17.5 Å². The van der Waals surface area contributed by atoms with Crippen molar-refractivity contribution in [2.75, 3.05) is 11.9 Å². The van der Waals surface area contributed by atoms with Crippen molar-refractivity contribution >= 4 is 22.5 Å². The second-order valence-corrected chi connectivity index (χ2v) is 7.21. The molecule has 1 amide bonds. The van der Waals surface area contributed by atoms with Gasteiger partial charge in [0.15, 0.2) is 0 Å². The Balaban J connectivity index is 1.38. The molecule has 0 radical (unpaired) electrons. The van der Waals surface area contributed by atoms with Crippen LogP contribution in [-0.4, -0.2) is 23.4 Å². The molecule has 4 rings (SSSR count). The number of aromatic amines is 1. The molecule has 1 heterocycles. The van der Waals surface area contributed by atoms with E-state index in [1.54, 1.807) is 12.3 Å². The van der Waals surface area contributed by atoms with Gasteiger partial charge in [-0.15, -0.1) is 0 Å². The number of amides is 1. The number of halogens is 5. The highest BCUT2D eigenvalue weighted by Crippen LogP contribution is 2.49. The number of fused-ring (bicyclic) bond motifs is 1. The molecule has 2 aromatic carbocycles. The van der Waals surface area contributed by atoms with E-state index in [1.807, 2.05) is 12.1 Å². The van der Waals surface area contributed by atoms with Gasteiger partial charge in [-0.05, 0) is 42.0 Å². The van der Waals surface area contributed by atoms with Crippen LogP contribution >= 0.6 is 0 Å². The molecule has 9 heteroatoms. The van der Waals surface area contributed by atoms with Gasteiger partial charge in [0, 0.05) is 29.9 Å². The minimum atomic E-state index is -4.40. The zero-order valence-electron chi connectivity index (χ0n) is 15.5. The number of ether oxygens (including phenoxy) is 1. The number of carbonyl (C=O) groups is 1. The Hall–Kier alpha value is -3.10. The third kappa shape index (κ3) is 4.24. The van der Waals surface area contributed by atoms with Gasteiger partial charge in [0.25, 0.3) is 5.92 Å². The number of hydrogen-bond donors (Lipinski definition) is 2. The third-order valence-corrected chi connectivity index (χ3v) is 4.99. The molecule has 1 atom stereocenters. The number of alkyl halides is 5. The van der Waals surface area contributed by atoms with Crippen LogP contribution in [0.5, 0.6) is 5.75 Å². The summed E-state index contributed by atoms with van der Waals surface area (Å²) in [6.07, 6.45) is -2.82. The first-order valence-electron chi connectivity index (χ1n) is 9.22. The van der Waals surface area contributed by atoms with E-state index in [2.05, 4.69) is 10.3 Å². The van der Waals surface area contributed by atoms with Crippen LogP contribution < -0.4 is 10.1 Å². The maximum absolute atomic E-state index is 13.1. The fourth-order valence-electron chi connectivity index (χ4n) is 3.17. The minimum Gasteiger partial charge on any atom is -0.493 e. The monoisotopic (exact) mass is 424 g/mol. The highest BCUT2D eigenvalue weighted by atomic mass is 19.4. The molecule has 0 saturated heterocycles. The summed E-state index contributed by atoms with van der Waals surface area (Å²) in [5, 5.41) is 3.22. The van der Waals surface area contributed by atoms with Crippen LogP contribution in [0.4, 0.5) is 27.6 Å². The molecule has 1 aliphatic rings. The highest BCUT2D eigenvalue weighted by Gasteiger charge is 2.61. The normalized spacial score (nSPS) is 17.7. The van der Waals surface area contributed by atoms with Gasteiger partial charge in [-0.2, -0.15) is 13.2 Å². The standard InChI is InChI=1S/C21H17F5N2O2/c22-20(23)10-16(20)19(29)28-18-11-27-17-6-1-12(9-15(17)18)7-8-30-14-4-2-13(3-5-14)21(24,25)26/h1-6,9,11,16,27H,7-8,10H2,(H,28,29). The molecule has 1 aliphatic carbocycles. The SMILES string of the molecule is O=C(Nc1c[nH]c2ccc(CCOc3ccc(C(F)(F)F)cc3)cc12)C1CC1(F)F. The summed E-state index contributed by atoms with van der Waals surface area (Å²) in [6, 6.07) is 9.89. The Morgan fingerprint density at radius 3 is 2.50 bits per heavy atom. The van der Waals surface area contributed by atoms with E-state index < -0.39 is 35.9 Å². The second kappa shape index (κ2) is 7.30. The Morgan fingerprint density at radius 1 is 1.17 bits per heavy atom. The molecule has 1 fully saturated rings. The van der Waals surface area contributed by atoms with E-state index >= 15 is 0 Å². The Bertz CT molecular complexity index is 1070. The first kappa shape index (κ1) is 20.2. The molecule has 1 unspecified atom stereocenters. The van der Waals surface area contributed by atoms with Crippen molar-refractivity contribution in [3.05, 3.63) is 59.8 Å². The largest absolute Gasteiger partial charge is 0.493 e. The molecule has 2 N–H and O–H groups in total. The number of nitrogens with one attached hydrogen (secondary N) is 2. The van der Waals surface area contributed by atoms with Crippen molar-refractivity contribution in [2.24, 2.45) is 5.92 Å². The topological polar surface area (TPSA) is 54.1 Å². The molecule has 30 heavy (non-hydrogen) atoms. The average Bonchev–Trinajstić information content (AvgIpc) is 3.16. The lowest BCUT2D eigenvalue weighted by Crippen LogP contribution is -2.17. The summed E-state index contributed by atoms with van der Waals surface area (Å²) in [7, 11) is 0. The molecule has 4 nitrogen and oxygen atoms in total. The lowest BCUT2D eigenvalue weighted by atomic mass is 10.1. The first-order valence-corrected chi connectivity index (χ1v) is 9.22. The van der Waals surface area contributed by atoms with Crippen LogP contribution in [0.25, 0.3) is 10.9 Å². The quantitative estimate of drug-likeness (QED) is 0.521. The Labute approximate surface area is 168 Å². The third-order valence-electron chi connectivity index (χ3n) is 4.99. The minimum absolute atomic E-state index is 0.233. The van der Waals surface area contributed by atoms with Gasteiger partial charge < -0.3 is 15.0 Å². The number of aromatic nitrogens is 1. The number of rotatable bonds is 6. The molecule has 3 aromatic rings. The zero-order chi connectivity index (χ0) is 21.5. The van der Waals surface area contributed by atoms with Gasteiger partial charge in [0.1, 0.15) is 11.7 Å². The number of H-pyrrole nitrogens is 1. The van der Waals surface area contributed by atoms with Crippen molar-refractivity contribution in [3.63, 3.8) is 0 Å². The molecule has 1 aromatic heterocycles. The van der Waals surface area contributed by atoms with Gasteiger partial charge in [-0.3, -0.25) is 4.79 Å². The molecule has 0 spiro atoms. The molecule has 158 valence electrons. The van der Waals surface area contributed by atoms with Crippen LogP contribution in [0, 0.1) is 5.92 Å². The van der Waals surface area contributed by atoms with Crippen LogP contribution in [0.2, 0.25) is 0 Å². The van der Waals surface area contributed by atoms with Crippen molar-refractivity contribution < 1.29 is 31.5 Å².